The molecule has 3 aromatic rings. The van der Waals surface area contributed by atoms with Crippen molar-refractivity contribution >= 4 is 46.4 Å². The van der Waals surface area contributed by atoms with Crippen LogP contribution in [0.3, 0.4) is 0 Å². The van der Waals surface area contributed by atoms with Gasteiger partial charge in [0.1, 0.15) is 23.9 Å². The minimum Gasteiger partial charge on any atom is -0.454 e. The van der Waals surface area contributed by atoms with Crippen LogP contribution in [0.2, 0.25) is 0 Å². The second-order valence-corrected chi connectivity index (χ2v) is 11.4. The summed E-state index contributed by atoms with van der Waals surface area (Å²) in [7, 11) is 0. The number of benzene rings is 3. The zero-order chi connectivity index (χ0) is 31.9. The molecule has 1 aliphatic carbocycles. The van der Waals surface area contributed by atoms with Crippen molar-refractivity contribution in [2.75, 3.05) is 11.3 Å². The molecule has 8 nitrogen and oxygen atoms in total. The smallest absolute Gasteiger partial charge is 0.454 e. The number of carbonyl (C=O) groups excluding carboxylic acids is 1. The first-order valence-corrected chi connectivity index (χ1v) is 14.9. The number of alkyl halides is 3. The fraction of sp³-hybridized carbons (Fsp3) is 0.312. The number of thioether (sulfide) groups is 1. The Morgan fingerprint density at radius 2 is 1.73 bits per heavy atom. The van der Waals surface area contributed by atoms with Gasteiger partial charge in [-0.1, -0.05) is 56.3 Å². The van der Waals surface area contributed by atoms with Gasteiger partial charge in [-0.25, -0.2) is 9.98 Å². The van der Waals surface area contributed by atoms with Crippen molar-refractivity contribution in [2.24, 2.45) is 26.6 Å². The number of para-hydroxylation sites is 1. The van der Waals surface area contributed by atoms with Crippen molar-refractivity contribution in [3.63, 3.8) is 0 Å². The summed E-state index contributed by atoms with van der Waals surface area (Å²) >= 11 is 1.36. The molecule has 0 aromatic heterocycles. The predicted molar refractivity (Wildman–Crippen MR) is 170 cm³/mol. The number of aryl methyl sites for hydroxylation is 2. The van der Waals surface area contributed by atoms with Crippen LogP contribution in [0, 0.1) is 19.8 Å². The van der Waals surface area contributed by atoms with Crippen LogP contribution in [0.4, 0.5) is 24.5 Å². The van der Waals surface area contributed by atoms with E-state index < -0.39 is 6.36 Å². The maximum absolute atomic E-state index is 12.3. The lowest BCUT2D eigenvalue weighted by atomic mass is 10.1. The quantitative estimate of drug-likeness (QED) is 0.105. The molecule has 0 amide bonds. The fourth-order valence-corrected chi connectivity index (χ4v) is 4.91. The summed E-state index contributed by atoms with van der Waals surface area (Å²) in [5, 5.41) is 4.15. The van der Waals surface area contributed by atoms with Gasteiger partial charge in [0.15, 0.2) is 5.17 Å². The SMILES string of the molecule is Cc1cccc(C)c1NC(=NC1CC1c1ccc(C(N)=NC=Nc2ccc(OC(F)(F)F)cc2)cc1)SCOC(=O)C(C)C. The summed E-state index contributed by atoms with van der Waals surface area (Å²) in [5.74, 6) is -0.137. The summed E-state index contributed by atoms with van der Waals surface area (Å²) < 4.78 is 46.2. The molecule has 0 radical (unpaired) electrons. The van der Waals surface area contributed by atoms with Gasteiger partial charge in [0.05, 0.1) is 17.6 Å². The molecule has 44 heavy (non-hydrogen) atoms. The van der Waals surface area contributed by atoms with Gasteiger partial charge in [-0.3, -0.25) is 9.79 Å². The van der Waals surface area contributed by atoms with Gasteiger partial charge < -0.3 is 20.5 Å². The minimum absolute atomic E-state index is 0.0760. The Labute approximate surface area is 258 Å². The second-order valence-electron chi connectivity index (χ2n) is 10.5. The highest BCUT2D eigenvalue weighted by molar-refractivity contribution is 8.14. The molecule has 2 atom stereocenters. The number of hydrogen-bond donors (Lipinski definition) is 2. The van der Waals surface area contributed by atoms with Crippen LogP contribution >= 0.6 is 11.8 Å². The van der Waals surface area contributed by atoms with Crippen LogP contribution in [0.15, 0.2) is 81.7 Å². The summed E-state index contributed by atoms with van der Waals surface area (Å²) in [6, 6.07) is 19.0. The van der Waals surface area contributed by atoms with E-state index in [4.69, 9.17) is 15.5 Å². The molecular weight excluding hydrogens is 591 g/mol. The van der Waals surface area contributed by atoms with Crippen molar-refractivity contribution in [1.29, 1.82) is 0 Å². The van der Waals surface area contributed by atoms with Crippen molar-refractivity contribution < 1.29 is 27.4 Å². The Bertz CT molecular complexity index is 1520. The summed E-state index contributed by atoms with van der Waals surface area (Å²) in [6.45, 7) is 7.67. The second kappa shape index (κ2) is 14.4. The molecule has 0 bridgehead atoms. The molecule has 0 saturated heterocycles. The molecule has 0 spiro atoms. The number of aliphatic imine (C=N–C) groups is 3. The molecular formula is C32H34F3N5O3S. The third-order valence-corrected chi connectivity index (χ3v) is 7.45. The number of rotatable bonds is 10. The summed E-state index contributed by atoms with van der Waals surface area (Å²) in [6.07, 6.45) is -2.63. The highest BCUT2D eigenvalue weighted by Crippen LogP contribution is 2.44. The van der Waals surface area contributed by atoms with E-state index >= 15 is 0 Å². The first-order chi connectivity index (χ1) is 20.9. The van der Waals surface area contributed by atoms with Gasteiger partial charge >= 0.3 is 12.3 Å². The molecule has 1 saturated carbocycles. The molecule has 4 rings (SSSR count). The third-order valence-electron chi connectivity index (χ3n) is 6.73. The van der Waals surface area contributed by atoms with Gasteiger partial charge in [0.2, 0.25) is 0 Å². The van der Waals surface area contributed by atoms with Gasteiger partial charge in [-0.05, 0) is 73.0 Å². The summed E-state index contributed by atoms with van der Waals surface area (Å²) in [5.41, 5.74) is 11.5. The van der Waals surface area contributed by atoms with E-state index in [0.717, 1.165) is 28.8 Å². The first kappa shape index (κ1) is 32.6. The number of nitrogens with two attached hydrogens (primary N) is 1. The van der Waals surface area contributed by atoms with Crippen LogP contribution in [0.1, 0.15) is 48.4 Å². The molecule has 3 N–H and O–H groups in total. The van der Waals surface area contributed by atoms with E-state index in [1.165, 1.54) is 42.4 Å². The van der Waals surface area contributed by atoms with E-state index in [1.54, 1.807) is 13.8 Å². The average Bonchev–Trinajstić information content (AvgIpc) is 3.74. The van der Waals surface area contributed by atoms with Crippen LogP contribution in [-0.4, -0.2) is 41.7 Å². The topological polar surface area (TPSA) is 111 Å². The number of anilines is 1. The lowest BCUT2D eigenvalue weighted by Gasteiger charge is -2.15. The largest absolute Gasteiger partial charge is 0.573 e. The maximum Gasteiger partial charge on any atom is 0.573 e. The molecule has 3 aromatic carbocycles. The van der Waals surface area contributed by atoms with E-state index in [9.17, 15) is 18.0 Å². The van der Waals surface area contributed by atoms with Crippen molar-refractivity contribution in [3.8, 4) is 5.75 Å². The molecule has 2 unspecified atom stereocenters. The van der Waals surface area contributed by atoms with Gasteiger partial charge in [0, 0.05) is 17.2 Å². The van der Waals surface area contributed by atoms with Crippen molar-refractivity contribution in [1.82, 2.24) is 0 Å². The van der Waals surface area contributed by atoms with Crippen LogP contribution in [-0.2, 0) is 9.53 Å². The maximum atomic E-state index is 12.3. The molecule has 1 aliphatic rings. The number of carbonyl (C=O) groups is 1. The first-order valence-electron chi connectivity index (χ1n) is 13.9. The minimum atomic E-state index is -4.75. The zero-order valence-corrected chi connectivity index (χ0v) is 25.6. The highest BCUT2D eigenvalue weighted by atomic mass is 32.2. The molecule has 0 aliphatic heterocycles. The van der Waals surface area contributed by atoms with Crippen LogP contribution in [0.25, 0.3) is 0 Å². The van der Waals surface area contributed by atoms with E-state index in [2.05, 4.69) is 20.0 Å². The van der Waals surface area contributed by atoms with Crippen molar-refractivity contribution in [2.45, 2.75) is 52.4 Å². The molecule has 12 heteroatoms. The Morgan fingerprint density at radius 1 is 1.07 bits per heavy atom. The number of hydrogen-bond acceptors (Lipinski definition) is 6. The number of halogens is 3. The highest BCUT2D eigenvalue weighted by Gasteiger charge is 2.39. The predicted octanol–water partition coefficient (Wildman–Crippen LogP) is 7.48. The van der Waals surface area contributed by atoms with Gasteiger partial charge in [-0.2, -0.15) is 0 Å². The van der Waals surface area contributed by atoms with Gasteiger partial charge in [-0.15, -0.1) is 13.2 Å². The number of esters is 1. The Morgan fingerprint density at radius 3 is 2.34 bits per heavy atom. The lowest BCUT2D eigenvalue weighted by molar-refractivity contribution is -0.274. The van der Waals surface area contributed by atoms with Gasteiger partial charge in [0.25, 0.3) is 0 Å². The Kier molecular flexibility index (Phi) is 10.7. The number of amidine groups is 2. The molecule has 0 heterocycles. The lowest BCUT2D eigenvalue weighted by Crippen LogP contribution is -2.16. The number of nitrogens with one attached hydrogen (secondary N) is 1. The van der Waals surface area contributed by atoms with E-state index in [0.29, 0.717) is 16.4 Å². The number of ether oxygens (including phenoxy) is 2. The van der Waals surface area contributed by atoms with E-state index in [1.807, 2.05) is 56.3 Å². The Balaban J connectivity index is 1.38. The Hall–Kier alpha value is -4.32. The monoisotopic (exact) mass is 625 g/mol. The third kappa shape index (κ3) is 9.60. The van der Waals surface area contributed by atoms with Crippen molar-refractivity contribution in [3.05, 3.63) is 89.0 Å². The molecule has 1 fully saturated rings. The normalized spacial score (nSPS) is 17.2. The average molecular weight is 626 g/mol. The molecule has 232 valence electrons. The fourth-order valence-electron chi connectivity index (χ4n) is 4.23. The zero-order valence-electron chi connectivity index (χ0n) is 24.8. The summed E-state index contributed by atoms with van der Waals surface area (Å²) in [4.78, 5) is 25.2. The van der Waals surface area contributed by atoms with Crippen LogP contribution < -0.4 is 15.8 Å². The number of nitrogens with zero attached hydrogens (tertiary/aromatic N) is 3. The standard InChI is InChI=1S/C32H34F3N5O3S/c1-19(2)30(41)42-18-44-31(40-28-20(3)6-5-7-21(28)4)39-27-16-26(27)22-8-10-23(11-9-22)29(36)38-17-37-24-12-14-25(15-13-24)43-32(33,34)35/h5-15,17,19,26-27H,16,18H2,1-4H3,(H,39,40)(H2,36,37,38). The van der Waals surface area contributed by atoms with E-state index in [-0.39, 0.29) is 41.4 Å². The van der Waals surface area contributed by atoms with Crippen LogP contribution in [0.5, 0.6) is 5.75 Å².